The normalized spacial score (nSPS) is 20.5. The summed E-state index contributed by atoms with van der Waals surface area (Å²) in [5.74, 6) is -1.76. The van der Waals surface area contributed by atoms with Crippen LogP contribution in [0.2, 0.25) is 0 Å². The number of rotatable bonds is 0. The molecule has 4 heavy (non-hydrogen) atoms. The van der Waals surface area contributed by atoms with Gasteiger partial charge in [0.25, 0.3) is 5.97 Å². The van der Waals surface area contributed by atoms with Gasteiger partial charge in [0.1, 0.15) is 0 Å². The largest absolute Gasteiger partial charge is 0.481 e. The Hall–Kier alpha value is -0.530. The molecular weight excluding hydrogens is 56.0 g/mol. The molecule has 0 fully saturated rings. The molecule has 0 saturated heterocycles. The van der Waals surface area contributed by atoms with E-state index in [0.29, 0.717) is 0 Å². The molecule has 0 aliphatic rings. The van der Waals surface area contributed by atoms with E-state index in [1.807, 2.05) is 0 Å². The molecule has 0 unspecified atom stereocenters. The summed E-state index contributed by atoms with van der Waals surface area (Å²) >= 11 is 0. The lowest BCUT2D eigenvalue weighted by Gasteiger charge is -1.59. The molecule has 0 atom stereocenters. The van der Waals surface area contributed by atoms with Crippen molar-refractivity contribution < 1.29 is 14.0 Å². The highest BCUT2D eigenvalue weighted by Crippen LogP contribution is 1.42. The van der Waals surface area contributed by atoms with Gasteiger partial charge in [0.05, 0.1) is 0 Å². The zero-order chi connectivity index (χ0) is 6.08. The number of hydrogen-bond donors (Lipinski definition) is 1. The first-order valence-electron chi connectivity index (χ1n) is 2.18. The quantitative estimate of drug-likeness (QED) is 0.432. The van der Waals surface area contributed by atoms with E-state index in [0.717, 1.165) is 0 Å². The molecule has 2 heteroatoms. The van der Waals surface area contributed by atoms with Crippen molar-refractivity contribution in [2.24, 2.45) is 0 Å². The van der Waals surface area contributed by atoms with Crippen LogP contribution in [0, 0.1) is 0 Å². The van der Waals surface area contributed by atoms with Crippen LogP contribution in [0.4, 0.5) is 0 Å². The van der Waals surface area contributed by atoms with Gasteiger partial charge in [0.15, 0.2) is 0 Å². The number of carbonyl (C=O) groups is 1. The van der Waals surface area contributed by atoms with Gasteiger partial charge >= 0.3 is 0 Å². The minimum absolute atomic E-state index is 1.76. The average Bonchev–Trinajstić information content (AvgIpc) is 1.31. The second kappa shape index (κ2) is 0.875. The Balaban J connectivity index is 3.79. The first-order valence-corrected chi connectivity index (χ1v) is 0.678. The van der Waals surface area contributed by atoms with Crippen molar-refractivity contribution in [2.45, 2.75) is 6.85 Å². The molecule has 0 heterocycles. The van der Waals surface area contributed by atoms with Crippen LogP contribution >= 0.6 is 0 Å². The number of carboxylic acid groups (broad SMARTS) is 1. The fraction of sp³-hybridized carbons (Fsp3) is 0.500. The lowest BCUT2D eigenvalue weighted by molar-refractivity contribution is -0.134. The van der Waals surface area contributed by atoms with E-state index in [4.69, 9.17) is 9.22 Å². The van der Waals surface area contributed by atoms with Crippen LogP contribution in [0.3, 0.4) is 0 Å². The summed E-state index contributed by atoms with van der Waals surface area (Å²) in [5.41, 5.74) is 0. The van der Waals surface area contributed by atoms with Crippen LogP contribution in [0.1, 0.15) is 11.0 Å². The third-order valence-corrected chi connectivity index (χ3v) is 0. The van der Waals surface area contributed by atoms with Gasteiger partial charge in [-0.2, -0.15) is 0 Å². The van der Waals surface area contributed by atoms with Crippen molar-refractivity contribution in [3.63, 3.8) is 0 Å². The molecule has 24 valence electrons. The summed E-state index contributed by atoms with van der Waals surface area (Å²) in [4.78, 5) is 9.46. The maximum absolute atomic E-state index is 9.46. The number of carboxylic acids is 1. The lowest BCUT2D eigenvalue weighted by Crippen LogP contribution is -1.78. The maximum atomic E-state index is 9.46. The predicted octanol–water partition coefficient (Wildman–Crippen LogP) is 0.0909. The van der Waals surface area contributed by atoms with Crippen molar-refractivity contribution in [2.75, 3.05) is 0 Å². The van der Waals surface area contributed by atoms with Gasteiger partial charge in [-0.1, -0.05) is 0 Å². The Labute approximate surface area is 28.3 Å². The maximum Gasteiger partial charge on any atom is 0.300 e. The van der Waals surface area contributed by atoms with Crippen LogP contribution in [-0.2, 0) is 4.79 Å². The van der Waals surface area contributed by atoms with Gasteiger partial charge in [-0.15, -0.1) is 0 Å². The Kier molecular flexibility index (Phi) is 0.155. The van der Waals surface area contributed by atoms with Crippen molar-refractivity contribution in [1.29, 1.82) is 0 Å². The molecule has 0 radical (unpaired) electrons. The molecular formula is C2H4O2. The average molecular weight is 63.1 g/mol. The van der Waals surface area contributed by atoms with E-state index in [-0.39, 0.29) is 0 Å². The van der Waals surface area contributed by atoms with Gasteiger partial charge in [-0.3, -0.25) is 4.79 Å². The van der Waals surface area contributed by atoms with E-state index in [1.165, 1.54) is 0 Å². The zero-order valence-electron chi connectivity index (χ0n) is 4.86. The van der Waals surface area contributed by atoms with Crippen LogP contribution in [0.5, 0.6) is 0 Å². The predicted molar refractivity (Wildman–Crippen MR) is 13.3 cm³/mol. The van der Waals surface area contributed by atoms with Gasteiger partial charge < -0.3 is 5.11 Å². The van der Waals surface area contributed by atoms with E-state index in [1.54, 1.807) is 0 Å². The van der Waals surface area contributed by atoms with Crippen molar-refractivity contribution in [1.82, 2.24) is 0 Å². The summed E-state index contributed by atoms with van der Waals surface area (Å²) in [6.45, 7) is -2.83. The summed E-state index contributed by atoms with van der Waals surface area (Å²) in [6, 6.07) is 0. The Bertz CT molecular complexity index is 83.4. The highest BCUT2D eigenvalue weighted by Gasteiger charge is 1.65. The monoisotopic (exact) mass is 63.0 g/mol. The third-order valence-electron chi connectivity index (χ3n) is 0. The molecule has 1 N–H and O–H groups in total. The highest BCUT2D eigenvalue weighted by atomic mass is 16.4. The lowest BCUT2D eigenvalue weighted by atomic mass is 10.9. The van der Waals surface area contributed by atoms with Crippen LogP contribution < -0.4 is 0 Å². The molecule has 0 aliphatic heterocycles. The molecule has 0 amide bonds. The van der Waals surface area contributed by atoms with E-state index >= 15 is 0 Å². The molecule has 2 nitrogen and oxygen atoms in total. The van der Waals surface area contributed by atoms with Crippen molar-refractivity contribution >= 4 is 5.97 Å². The minimum atomic E-state index is -2.83. The summed E-state index contributed by atoms with van der Waals surface area (Å²) in [5, 5.41) is 7.69. The Morgan fingerprint density at radius 2 is 2.75 bits per heavy atom. The standard InChI is InChI=1S/C2H4O2/c1-2(3)4/h1H3,(H,3,4)/i1D3. The first kappa shape index (κ1) is 0.708. The van der Waals surface area contributed by atoms with Crippen molar-refractivity contribution in [3.8, 4) is 0 Å². The van der Waals surface area contributed by atoms with Gasteiger partial charge in [-0.25, -0.2) is 0 Å². The highest BCUT2D eigenvalue weighted by molar-refractivity contribution is 5.62. The molecule has 0 rings (SSSR count). The van der Waals surface area contributed by atoms with Crippen LogP contribution in [0.25, 0.3) is 0 Å². The van der Waals surface area contributed by atoms with Gasteiger partial charge in [0, 0.05) is 11.0 Å². The van der Waals surface area contributed by atoms with Gasteiger partial charge in [0.2, 0.25) is 0 Å². The third kappa shape index (κ3) is 1.16. The molecule has 0 aliphatic carbocycles. The SMILES string of the molecule is [2H]C([2H])([2H])C(=O)O. The van der Waals surface area contributed by atoms with E-state index < -0.39 is 12.8 Å². The molecule has 0 saturated carbocycles. The zero-order valence-corrected chi connectivity index (χ0v) is 1.86. The van der Waals surface area contributed by atoms with E-state index in [2.05, 4.69) is 0 Å². The second-order valence-corrected chi connectivity index (χ2v) is 0.305. The topological polar surface area (TPSA) is 37.3 Å². The number of hydrogen-bond acceptors (Lipinski definition) is 1. The summed E-state index contributed by atoms with van der Waals surface area (Å²) in [6.07, 6.45) is 0. The number of aliphatic carboxylic acids is 1. The van der Waals surface area contributed by atoms with Gasteiger partial charge in [-0.05, 0) is 0 Å². The first-order chi connectivity index (χ1) is 2.94. The molecule has 0 aromatic rings. The van der Waals surface area contributed by atoms with Crippen molar-refractivity contribution in [3.05, 3.63) is 0 Å². The van der Waals surface area contributed by atoms with Crippen LogP contribution in [-0.4, -0.2) is 11.1 Å². The second-order valence-electron chi connectivity index (χ2n) is 0.305. The van der Waals surface area contributed by atoms with Crippen LogP contribution in [0.15, 0.2) is 0 Å². The minimum Gasteiger partial charge on any atom is -0.481 e. The molecule has 0 spiro atoms. The molecule has 0 bridgehead atoms. The summed E-state index contributed by atoms with van der Waals surface area (Å²) in [7, 11) is 0. The smallest absolute Gasteiger partial charge is 0.300 e. The Morgan fingerprint density at radius 1 is 2.50 bits per heavy atom. The molecule has 0 aromatic heterocycles. The fourth-order valence-corrected chi connectivity index (χ4v) is 0. The summed E-state index contributed by atoms with van der Waals surface area (Å²) < 4.78 is 18.4. The fourth-order valence-electron chi connectivity index (χ4n) is 0. The van der Waals surface area contributed by atoms with E-state index in [9.17, 15) is 4.79 Å². The Morgan fingerprint density at radius 3 is 2.75 bits per heavy atom. The molecule has 0 aromatic carbocycles.